The zero-order valence-corrected chi connectivity index (χ0v) is 17.5. The van der Waals surface area contributed by atoms with Crippen molar-refractivity contribution in [1.29, 1.82) is 0 Å². The van der Waals surface area contributed by atoms with Gasteiger partial charge in [-0.1, -0.05) is 6.07 Å². The highest BCUT2D eigenvalue weighted by molar-refractivity contribution is 7.17. The first-order valence-electron chi connectivity index (χ1n) is 10.4. The Morgan fingerprint density at radius 2 is 1.97 bits per heavy atom. The lowest BCUT2D eigenvalue weighted by molar-refractivity contribution is 0.108. The first kappa shape index (κ1) is 18.5. The van der Waals surface area contributed by atoms with Gasteiger partial charge >= 0.3 is 0 Å². The van der Waals surface area contributed by atoms with E-state index < -0.39 is 0 Å². The van der Waals surface area contributed by atoms with Crippen LogP contribution in [0.4, 0.5) is 5.82 Å². The van der Waals surface area contributed by atoms with E-state index in [-0.39, 0.29) is 6.10 Å². The highest BCUT2D eigenvalue weighted by Crippen LogP contribution is 2.39. The van der Waals surface area contributed by atoms with Crippen LogP contribution in [0.1, 0.15) is 31.7 Å². The molecule has 0 atom stereocenters. The van der Waals surface area contributed by atoms with Gasteiger partial charge in [0.25, 0.3) is 0 Å². The van der Waals surface area contributed by atoms with Crippen LogP contribution in [-0.2, 0) is 0 Å². The number of rotatable bonds is 3. The van der Waals surface area contributed by atoms with E-state index in [0.29, 0.717) is 17.4 Å². The molecule has 1 aromatic carbocycles. The van der Waals surface area contributed by atoms with E-state index in [4.69, 9.17) is 10.2 Å². The molecule has 1 aliphatic carbocycles. The number of nitrogens with two attached hydrogens (primary N) is 1. The summed E-state index contributed by atoms with van der Waals surface area (Å²) in [5, 5.41) is 15.3. The molecule has 1 saturated carbocycles. The quantitative estimate of drug-likeness (QED) is 0.415. The molecule has 0 aliphatic heterocycles. The normalized spacial score (nSPS) is 19.4. The monoisotopic (exact) mass is 431 g/mol. The average molecular weight is 432 g/mol. The van der Waals surface area contributed by atoms with Crippen LogP contribution in [0.15, 0.2) is 52.8 Å². The summed E-state index contributed by atoms with van der Waals surface area (Å²) in [6.07, 6.45) is 9.05. The zero-order valence-electron chi connectivity index (χ0n) is 16.7. The summed E-state index contributed by atoms with van der Waals surface area (Å²) in [4.78, 5) is 8.79. The zero-order chi connectivity index (χ0) is 20.9. The fourth-order valence-electron chi connectivity index (χ4n) is 4.49. The maximum absolute atomic E-state index is 9.79. The van der Waals surface area contributed by atoms with Crippen molar-refractivity contribution in [3.8, 4) is 22.5 Å². The first-order valence-corrected chi connectivity index (χ1v) is 11.3. The lowest BCUT2D eigenvalue weighted by Crippen LogP contribution is -2.21. The number of aromatic nitrogens is 4. The van der Waals surface area contributed by atoms with Crippen LogP contribution in [0.2, 0.25) is 0 Å². The van der Waals surface area contributed by atoms with Gasteiger partial charge in [-0.15, -0.1) is 11.3 Å². The van der Waals surface area contributed by atoms with E-state index in [0.717, 1.165) is 63.7 Å². The van der Waals surface area contributed by atoms with Gasteiger partial charge in [0, 0.05) is 34.5 Å². The molecule has 0 radical (unpaired) electrons. The number of benzene rings is 1. The molecule has 156 valence electrons. The van der Waals surface area contributed by atoms with Gasteiger partial charge in [-0.2, -0.15) is 5.10 Å². The molecule has 6 rings (SSSR count). The molecule has 31 heavy (non-hydrogen) atoms. The van der Waals surface area contributed by atoms with E-state index in [1.165, 1.54) is 0 Å². The fourth-order valence-corrected chi connectivity index (χ4v) is 5.29. The van der Waals surface area contributed by atoms with Crippen molar-refractivity contribution in [2.75, 3.05) is 5.73 Å². The lowest BCUT2D eigenvalue weighted by atomic mass is 9.93. The van der Waals surface area contributed by atoms with Gasteiger partial charge in [-0.3, -0.25) is 4.68 Å². The summed E-state index contributed by atoms with van der Waals surface area (Å²) in [5.74, 6) is 1.12. The Bertz CT molecular complexity index is 1390. The minimum absolute atomic E-state index is 0.181. The van der Waals surface area contributed by atoms with Crippen LogP contribution in [0.25, 0.3) is 43.6 Å². The average Bonchev–Trinajstić information content (AvgIpc) is 3.53. The van der Waals surface area contributed by atoms with Gasteiger partial charge < -0.3 is 15.3 Å². The number of anilines is 1. The molecule has 0 amide bonds. The number of nitrogen functional groups attached to an aromatic ring is 1. The van der Waals surface area contributed by atoms with Gasteiger partial charge in [0.2, 0.25) is 0 Å². The molecule has 0 unspecified atom stereocenters. The van der Waals surface area contributed by atoms with E-state index in [2.05, 4.69) is 21.3 Å². The van der Waals surface area contributed by atoms with Crippen LogP contribution in [-0.4, -0.2) is 31.0 Å². The number of hydrogen-bond donors (Lipinski definition) is 2. The minimum Gasteiger partial charge on any atom is -0.452 e. The Labute approximate surface area is 182 Å². The van der Waals surface area contributed by atoms with Gasteiger partial charge in [0.05, 0.1) is 34.1 Å². The third-order valence-corrected chi connectivity index (χ3v) is 7.04. The molecule has 7 nitrogen and oxygen atoms in total. The maximum Gasteiger partial charge on any atom is 0.177 e. The van der Waals surface area contributed by atoms with Crippen molar-refractivity contribution in [3.63, 3.8) is 0 Å². The predicted octanol–water partition coefficient (Wildman–Crippen LogP) is 5.03. The molecule has 0 saturated heterocycles. The smallest absolute Gasteiger partial charge is 0.177 e. The van der Waals surface area contributed by atoms with Crippen molar-refractivity contribution in [2.45, 2.75) is 37.8 Å². The molecule has 1 fully saturated rings. The topological polar surface area (TPSA) is 103 Å². The number of nitrogens with zero attached hydrogens (tertiary/aromatic N) is 4. The summed E-state index contributed by atoms with van der Waals surface area (Å²) in [6, 6.07) is 8.37. The molecule has 4 aromatic heterocycles. The van der Waals surface area contributed by atoms with Crippen molar-refractivity contribution < 1.29 is 9.52 Å². The van der Waals surface area contributed by atoms with Gasteiger partial charge in [-0.25, -0.2) is 9.97 Å². The van der Waals surface area contributed by atoms with Gasteiger partial charge in [0.1, 0.15) is 5.76 Å². The third kappa shape index (κ3) is 3.10. The number of pyridine rings is 1. The summed E-state index contributed by atoms with van der Waals surface area (Å²) in [7, 11) is 0. The number of thiazole rings is 1. The maximum atomic E-state index is 9.79. The predicted molar refractivity (Wildman–Crippen MR) is 122 cm³/mol. The van der Waals surface area contributed by atoms with E-state index in [1.807, 2.05) is 40.7 Å². The molecule has 8 heteroatoms. The molecule has 1 aliphatic rings. The molecule has 4 heterocycles. The highest BCUT2D eigenvalue weighted by Gasteiger charge is 2.22. The standard InChI is InChI=1S/C23H21N5O2S/c24-23-21-17(8-20(30-21)16-2-1-3-19-22(16)31-12-26-19)18(10-25-23)13-9-27-28(11-13)14-4-6-15(29)7-5-14/h1-3,8-12,14-15,29H,4-7H2,(H2,24,25)/t14-,15-. The SMILES string of the molecule is Nc1ncc(-c2cnn([C@H]3CC[C@H](O)CC3)c2)c2cc(-c3cccc4ncsc34)oc12. The van der Waals surface area contributed by atoms with Crippen molar-refractivity contribution in [3.05, 3.63) is 48.4 Å². The molecule has 0 bridgehead atoms. The Balaban J connectivity index is 1.44. The third-order valence-electron chi connectivity index (χ3n) is 6.16. The second kappa shape index (κ2) is 7.18. The van der Waals surface area contributed by atoms with Crippen molar-refractivity contribution >= 4 is 38.3 Å². The molecule has 5 aromatic rings. The molecular weight excluding hydrogens is 410 g/mol. The van der Waals surface area contributed by atoms with Crippen LogP contribution in [0.3, 0.4) is 0 Å². The number of hydrogen-bond acceptors (Lipinski definition) is 7. The second-order valence-electron chi connectivity index (χ2n) is 8.09. The fraction of sp³-hybridized carbons (Fsp3) is 0.261. The van der Waals surface area contributed by atoms with Crippen LogP contribution < -0.4 is 5.73 Å². The second-order valence-corrected chi connectivity index (χ2v) is 8.94. The Morgan fingerprint density at radius 1 is 1.10 bits per heavy atom. The number of aliphatic hydroxyl groups is 1. The van der Waals surface area contributed by atoms with Crippen molar-refractivity contribution in [1.82, 2.24) is 19.7 Å². The van der Waals surface area contributed by atoms with Gasteiger partial charge in [0.15, 0.2) is 11.4 Å². The molecule has 0 spiro atoms. The molecule has 3 N–H and O–H groups in total. The van der Waals surface area contributed by atoms with Crippen LogP contribution in [0, 0.1) is 0 Å². The number of fused-ring (bicyclic) bond motifs is 2. The summed E-state index contributed by atoms with van der Waals surface area (Å²) in [5.41, 5.74) is 12.5. The number of furan rings is 1. The van der Waals surface area contributed by atoms with E-state index >= 15 is 0 Å². The number of aliphatic hydroxyl groups excluding tert-OH is 1. The van der Waals surface area contributed by atoms with E-state index in [9.17, 15) is 5.11 Å². The Hall–Kier alpha value is -3.23. The largest absolute Gasteiger partial charge is 0.452 e. The summed E-state index contributed by atoms with van der Waals surface area (Å²) < 4.78 is 9.30. The first-order chi connectivity index (χ1) is 15.2. The summed E-state index contributed by atoms with van der Waals surface area (Å²) >= 11 is 1.59. The van der Waals surface area contributed by atoms with Crippen molar-refractivity contribution in [2.24, 2.45) is 0 Å². The minimum atomic E-state index is -0.181. The van der Waals surface area contributed by atoms with Crippen LogP contribution in [0.5, 0.6) is 0 Å². The van der Waals surface area contributed by atoms with Gasteiger partial charge in [-0.05, 0) is 43.9 Å². The highest BCUT2D eigenvalue weighted by atomic mass is 32.1. The Kier molecular flexibility index (Phi) is 4.29. The Morgan fingerprint density at radius 3 is 2.84 bits per heavy atom. The summed E-state index contributed by atoms with van der Waals surface area (Å²) in [6.45, 7) is 0. The van der Waals surface area contributed by atoms with Crippen LogP contribution >= 0.6 is 11.3 Å². The lowest BCUT2D eigenvalue weighted by Gasteiger charge is -2.25. The van der Waals surface area contributed by atoms with E-state index in [1.54, 1.807) is 17.5 Å². The molecular formula is C23H21N5O2S.